The summed E-state index contributed by atoms with van der Waals surface area (Å²) in [5.74, 6) is -0.530. The molecule has 0 saturated heterocycles. The van der Waals surface area contributed by atoms with Crippen LogP contribution in [0.3, 0.4) is 0 Å². The fourth-order valence-corrected chi connectivity index (χ4v) is 2.88. The van der Waals surface area contributed by atoms with E-state index in [2.05, 4.69) is 16.0 Å². The van der Waals surface area contributed by atoms with Gasteiger partial charge < -0.3 is 16.0 Å². The third kappa shape index (κ3) is 7.04. The Morgan fingerprint density at radius 2 is 1.55 bits per heavy atom. The molecule has 0 aromatic heterocycles. The van der Waals surface area contributed by atoms with Crippen molar-refractivity contribution in [2.24, 2.45) is 0 Å². The molecule has 0 radical (unpaired) electrons. The van der Waals surface area contributed by atoms with Gasteiger partial charge in [0.05, 0.1) is 12.6 Å². The van der Waals surface area contributed by atoms with Crippen molar-refractivity contribution in [2.45, 2.75) is 33.7 Å². The summed E-state index contributed by atoms with van der Waals surface area (Å²) in [5.41, 5.74) is 3.08. The zero-order chi connectivity index (χ0) is 21.4. The molecule has 1 atom stereocenters. The number of nitrogens with one attached hydrogen (secondary N) is 3. The molecule has 7 heteroatoms. The number of hydrogen-bond donors (Lipinski definition) is 3. The number of rotatable bonds is 8. The molecule has 2 rings (SSSR count). The molecule has 0 fully saturated rings. The normalized spacial score (nSPS) is 11.6. The van der Waals surface area contributed by atoms with Crippen LogP contribution in [0, 0.1) is 6.92 Å². The van der Waals surface area contributed by atoms with Crippen LogP contribution >= 0.6 is 0 Å². The highest BCUT2D eigenvalue weighted by Crippen LogP contribution is 2.14. The highest BCUT2D eigenvalue weighted by molar-refractivity contribution is 5.96. The van der Waals surface area contributed by atoms with Gasteiger partial charge in [-0.2, -0.15) is 0 Å². The van der Waals surface area contributed by atoms with Gasteiger partial charge in [0, 0.05) is 24.0 Å². The Morgan fingerprint density at radius 3 is 2.10 bits per heavy atom. The second kappa shape index (κ2) is 10.4. The van der Waals surface area contributed by atoms with E-state index < -0.39 is 6.04 Å². The van der Waals surface area contributed by atoms with Crippen molar-refractivity contribution in [2.75, 3.05) is 29.0 Å². The molecule has 0 bridgehead atoms. The zero-order valence-electron chi connectivity index (χ0n) is 17.3. The molecule has 29 heavy (non-hydrogen) atoms. The summed E-state index contributed by atoms with van der Waals surface area (Å²) in [4.78, 5) is 37.9. The van der Waals surface area contributed by atoms with Gasteiger partial charge in [0.2, 0.25) is 17.7 Å². The second-order valence-electron chi connectivity index (χ2n) is 6.90. The third-order valence-electron chi connectivity index (χ3n) is 4.45. The summed E-state index contributed by atoms with van der Waals surface area (Å²) < 4.78 is 0. The van der Waals surface area contributed by atoms with Gasteiger partial charge in [-0.05, 0) is 62.4 Å². The van der Waals surface area contributed by atoms with Crippen molar-refractivity contribution in [3.63, 3.8) is 0 Å². The lowest BCUT2D eigenvalue weighted by Gasteiger charge is -2.26. The minimum atomic E-state index is -0.464. The highest BCUT2D eigenvalue weighted by Gasteiger charge is 2.22. The fourth-order valence-electron chi connectivity index (χ4n) is 2.88. The lowest BCUT2D eigenvalue weighted by molar-refractivity contribution is -0.123. The van der Waals surface area contributed by atoms with Crippen LogP contribution in [-0.2, 0) is 14.4 Å². The average molecular weight is 396 g/mol. The predicted octanol–water partition coefficient (Wildman–Crippen LogP) is 3.24. The number of hydrogen-bond acceptors (Lipinski definition) is 4. The first kappa shape index (κ1) is 22.1. The molecule has 0 aliphatic heterocycles. The SMILES string of the molecule is CCN(CC(=O)Nc1ccc(NC(C)=O)cc1)C(C)C(=O)Nc1cccc(C)c1. The van der Waals surface area contributed by atoms with E-state index in [1.807, 2.05) is 38.1 Å². The summed E-state index contributed by atoms with van der Waals surface area (Å²) in [7, 11) is 0. The lowest BCUT2D eigenvalue weighted by atomic mass is 10.2. The molecular formula is C22H28N4O3. The van der Waals surface area contributed by atoms with Crippen LogP contribution in [0.5, 0.6) is 0 Å². The quantitative estimate of drug-likeness (QED) is 0.639. The maximum Gasteiger partial charge on any atom is 0.241 e. The summed E-state index contributed by atoms with van der Waals surface area (Å²) in [5, 5.41) is 8.38. The Labute approximate surface area is 171 Å². The first-order valence-corrected chi connectivity index (χ1v) is 9.57. The smallest absolute Gasteiger partial charge is 0.241 e. The molecule has 154 valence electrons. The molecule has 3 amide bonds. The van der Waals surface area contributed by atoms with E-state index in [-0.39, 0.29) is 24.3 Å². The maximum absolute atomic E-state index is 12.6. The molecular weight excluding hydrogens is 368 g/mol. The molecule has 0 saturated carbocycles. The van der Waals surface area contributed by atoms with Crippen molar-refractivity contribution in [1.82, 2.24) is 4.90 Å². The van der Waals surface area contributed by atoms with E-state index in [9.17, 15) is 14.4 Å². The lowest BCUT2D eigenvalue weighted by Crippen LogP contribution is -2.45. The number of amides is 3. The monoisotopic (exact) mass is 396 g/mol. The van der Waals surface area contributed by atoms with Gasteiger partial charge in [-0.1, -0.05) is 19.1 Å². The number of carbonyl (C=O) groups excluding carboxylic acids is 3. The first-order chi connectivity index (χ1) is 13.8. The Kier molecular flexibility index (Phi) is 7.91. The van der Waals surface area contributed by atoms with E-state index >= 15 is 0 Å². The number of carbonyl (C=O) groups is 3. The number of benzene rings is 2. The van der Waals surface area contributed by atoms with Crippen LogP contribution in [0.25, 0.3) is 0 Å². The number of nitrogens with zero attached hydrogens (tertiary/aromatic N) is 1. The predicted molar refractivity (Wildman–Crippen MR) is 116 cm³/mol. The van der Waals surface area contributed by atoms with Crippen LogP contribution in [-0.4, -0.2) is 41.8 Å². The van der Waals surface area contributed by atoms with Crippen LogP contribution in [0.15, 0.2) is 48.5 Å². The molecule has 0 aliphatic carbocycles. The molecule has 0 spiro atoms. The molecule has 3 N–H and O–H groups in total. The Hall–Kier alpha value is -3.19. The van der Waals surface area contributed by atoms with Gasteiger partial charge in [0.25, 0.3) is 0 Å². The molecule has 0 heterocycles. The van der Waals surface area contributed by atoms with Crippen LogP contribution in [0.4, 0.5) is 17.1 Å². The topological polar surface area (TPSA) is 90.5 Å². The minimum absolute atomic E-state index is 0.0896. The Bertz CT molecular complexity index is 865. The van der Waals surface area contributed by atoms with Gasteiger partial charge in [0.1, 0.15) is 0 Å². The molecule has 0 aliphatic rings. The van der Waals surface area contributed by atoms with E-state index in [1.54, 1.807) is 36.1 Å². The van der Waals surface area contributed by atoms with Crippen LogP contribution in [0.1, 0.15) is 26.3 Å². The van der Waals surface area contributed by atoms with E-state index in [1.165, 1.54) is 6.92 Å². The summed E-state index contributed by atoms with van der Waals surface area (Å²) in [6, 6.07) is 14.0. The molecule has 1 unspecified atom stereocenters. The Morgan fingerprint density at radius 1 is 0.931 bits per heavy atom. The standard InChI is InChI=1S/C22H28N4O3/c1-5-26(16(3)22(29)25-20-8-6-7-15(2)13-20)14-21(28)24-19-11-9-18(10-12-19)23-17(4)27/h6-13,16H,5,14H2,1-4H3,(H,23,27)(H,24,28)(H,25,29). The average Bonchev–Trinajstić information content (AvgIpc) is 2.66. The zero-order valence-corrected chi connectivity index (χ0v) is 17.3. The third-order valence-corrected chi connectivity index (χ3v) is 4.45. The van der Waals surface area contributed by atoms with E-state index in [0.717, 1.165) is 11.3 Å². The fraction of sp³-hybridized carbons (Fsp3) is 0.318. The van der Waals surface area contributed by atoms with Crippen molar-refractivity contribution in [3.05, 3.63) is 54.1 Å². The minimum Gasteiger partial charge on any atom is -0.326 e. The van der Waals surface area contributed by atoms with Crippen LogP contribution < -0.4 is 16.0 Å². The maximum atomic E-state index is 12.6. The number of likely N-dealkylation sites (N-methyl/N-ethyl adjacent to an activating group) is 1. The highest BCUT2D eigenvalue weighted by atomic mass is 16.2. The van der Waals surface area contributed by atoms with E-state index in [0.29, 0.717) is 17.9 Å². The summed E-state index contributed by atoms with van der Waals surface area (Å²) in [6.07, 6.45) is 0. The van der Waals surface area contributed by atoms with Crippen molar-refractivity contribution >= 4 is 34.8 Å². The van der Waals surface area contributed by atoms with Gasteiger partial charge in [-0.15, -0.1) is 0 Å². The Balaban J connectivity index is 1.92. The summed E-state index contributed by atoms with van der Waals surface area (Å²) >= 11 is 0. The van der Waals surface area contributed by atoms with Gasteiger partial charge >= 0.3 is 0 Å². The van der Waals surface area contributed by atoms with Crippen molar-refractivity contribution < 1.29 is 14.4 Å². The first-order valence-electron chi connectivity index (χ1n) is 9.57. The van der Waals surface area contributed by atoms with Gasteiger partial charge in [-0.3, -0.25) is 19.3 Å². The number of anilines is 3. The van der Waals surface area contributed by atoms with Crippen molar-refractivity contribution in [1.29, 1.82) is 0 Å². The number of aryl methyl sites for hydroxylation is 1. The van der Waals surface area contributed by atoms with Gasteiger partial charge in [0.15, 0.2) is 0 Å². The van der Waals surface area contributed by atoms with Crippen molar-refractivity contribution in [3.8, 4) is 0 Å². The largest absolute Gasteiger partial charge is 0.326 e. The molecule has 2 aromatic rings. The molecule has 2 aromatic carbocycles. The van der Waals surface area contributed by atoms with Crippen LogP contribution in [0.2, 0.25) is 0 Å². The summed E-state index contributed by atoms with van der Waals surface area (Å²) in [6.45, 7) is 7.73. The second-order valence-corrected chi connectivity index (χ2v) is 6.90. The molecule has 7 nitrogen and oxygen atoms in total. The van der Waals surface area contributed by atoms with E-state index in [4.69, 9.17) is 0 Å². The van der Waals surface area contributed by atoms with Gasteiger partial charge in [-0.25, -0.2) is 0 Å².